The topological polar surface area (TPSA) is 76.9 Å². The third-order valence-corrected chi connectivity index (χ3v) is 4.79. The summed E-state index contributed by atoms with van der Waals surface area (Å²) in [5.41, 5.74) is 0. The summed E-state index contributed by atoms with van der Waals surface area (Å²) < 4.78 is 23.9. The fourth-order valence-corrected chi connectivity index (χ4v) is 1.44. The van der Waals surface area contributed by atoms with Crippen LogP contribution in [0.15, 0.2) is 6.33 Å². The van der Waals surface area contributed by atoms with E-state index in [1.807, 2.05) is 7.05 Å². The van der Waals surface area contributed by atoms with E-state index in [0.29, 0.717) is 13.1 Å². The van der Waals surface area contributed by atoms with Gasteiger partial charge in [-0.25, -0.2) is 8.42 Å². The van der Waals surface area contributed by atoms with Gasteiger partial charge in [0.15, 0.2) is 9.84 Å². The summed E-state index contributed by atoms with van der Waals surface area (Å²) in [6.45, 7) is 4.30. The molecular weight excluding hydrogens is 228 g/mol. The zero-order chi connectivity index (χ0) is 12.4. The maximum atomic E-state index is 11.4. The van der Waals surface area contributed by atoms with Gasteiger partial charge in [0, 0.05) is 19.8 Å². The number of rotatable bonds is 5. The lowest BCUT2D eigenvalue weighted by Gasteiger charge is -2.22. The van der Waals surface area contributed by atoms with Crippen molar-refractivity contribution in [3.63, 3.8) is 0 Å². The number of aromatic nitrogens is 3. The summed E-state index contributed by atoms with van der Waals surface area (Å²) in [6.07, 6.45) is 2.86. The molecule has 1 aromatic heterocycles. The Morgan fingerprint density at radius 1 is 1.50 bits per heavy atom. The van der Waals surface area contributed by atoms with Crippen molar-refractivity contribution in [3.8, 4) is 0 Å². The first kappa shape index (κ1) is 13.1. The summed E-state index contributed by atoms with van der Waals surface area (Å²) in [5.74, 6) is 0.782. The standard InChI is InChI=1S/C9H18N4O2S/c1-9(2,16(4,14)15)6-10-5-8-12-11-7-13(8)3/h7,10H,5-6H2,1-4H3. The molecule has 0 aliphatic heterocycles. The van der Waals surface area contributed by atoms with Crippen molar-refractivity contribution in [3.05, 3.63) is 12.2 Å². The van der Waals surface area contributed by atoms with Crippen molar-refractivity contribution < 1.29 is 8.42 Å². The maximum Gasteiger partial charge on any atom is 0.153 e. The fraction of sp³-hybridized carbons (Fsp3) is 0.778. The van der Waals surface area contributed by atoms with Crippen LogP contribution in [0.1, 0.15) is 19.7 Å². The lowest BCUT2D eigenvalue weighted by atomic mass is 10.2. The third kappa shape index (κ3) is 3.02. The molecular formula is C9H18N4O2S. The summed E-state index contributed by atoms with van der Waals surface area (Å²) in [4.78, 5) is 0. The van der Waals surface area contributed by atoms with Crippen molar-refractivity contribution in [2.24, 2.45) is 7.05 Å². The molecule has 0 spiro atoms. The second-order valence-corrected chi connectivity index (χ2v) is 7.14. The normalized spacial score (nSPS) is 13.0. The largest absolute Gasteiger partial charge is 0.320 e. The Labute approximate surface area is 96.0 Å². The highest BCUT2D eigenvalue weighted by Crippen LogP contribution is 2.13. The van der Waals surface area contributed by atoms with Crippen molar-refractivity contribution in [1.29, 1.82) is 0 Å². The van der Waals surface area contributed by atoms with E-state index in [9.17, 15) is 8.42 Å². The smallest absolute Gasteiger partial charge is 0.153 e. The predicted octanol–water partition coefficient (Wildman–Crippen LogP) is -0.272. The molecule has 1 rings (SSSR count). The van der Waals surface area contributed by atoms with Crippen molar-refractivity contribution in [2.75, 3.05) is 12.8 Å². The Balaban J connectivity index is 2.51. The van der Waals surface area contributed by atoms with Crippen molar-refractivity contribution in [2.45, 2.75) is 25.1 Å². The Kier molecular flexibility index (Phi) is 3.69. The number of hydrogen-bond donors (Lipinski definition) is 1. The number of hydrogen-bond acceptors (Lipinski definition) is 5. The van der Waals surface area contributed by atoms with E-state index in [-0.39, 0.29) is 0 Å². The molecule has 0 amide bonds. The van der Waals surface area contributed by atoms with Crippen LogP contribution in [0.2, 0.25) is 0 Å². The van der Waals surface area contributed by atoms with Gasteiger partial charge in [-0.05, 0) is 13.8 Å². The molecule has 0 radical (unpaired) electrons. The first-order valence-electron chi connectivity index (χ1n) is 4.97. The van der Waals surface area contributed by atoms with Crippen LogP contribution in [0.25, 0.3) is 0 Å². The molecule has 0 fully saturated rings. The van der Waals surface area contributed by atoms with Crippen LogP contribution in [0.4, 0.5) is 0 Å². The van der Waals surface area contributed by atoms with E-state index in [0.717, 1.165) is 5.82 Å². The van der Waals surface area contributed by atoms with Crippen molar-refractivity contribution >= 4 is 9.84 Å². The lowest BCUT2D eigenvalue weighted by molar-refractivity contribution is 0.514. The van der Waals surface area contributed by atoms with E-state index in [2.05, 4.69) is 15.5 Å². The molecule has 1 aromatic rings. The van der Waals surface area contributed by atoms with Gasteiger partial charge < -0.3 is 9.88 Å². The van der Waals surface area contributed by atoms with Gasteiger partial charge in [-0.1, -0.05) is 0 Å². The lowest BCUT2D eigenvalue weighted by Crippen LogP contribution is -2.41. The third-order valence-electron chi connectivity index (χ3n) is 2.64. The van der Waals surface area contributed by atoms with Gasteiger partial charge in [-0.2, -0.15) is 0 Å². The van der Waals surface area contributed by atoms with Gasteiger partial charge in [0.25, 0.3) is 0 Å². The van der Waals surface area contributed by atoms with Gasteiger partial charge in [-0.3, -0.25) is 0 Å². The number of sulfone groups is 1. The Morgan fingerprint density at radius 3 is 2.56 bits per heavy atom. The maximum absolute atomic E-state index is 11.4. The Bertz CT molecular complexity index is 450. The Hall–Kier alpha value is -0.950. The zero-order valence-corrected chi connectivity index (χ0v) is 10.9. The molecule has 0 aliphatic carbocycles. The van der Waals surface area contributed by atoms with E-state index < -0.39 is 14.6 Å². The molecule has 1 heterocycles. The van der Waals surface area contributed by atoms with E-state index in [1.54, 1.807) is 24.7 Å². The minimum Gasteiger partial charge on any atom is -0.320 e. The monoisotopic (exact) mass is 246 g/mol. The predicted molar refractivity (Wildman–Crippen MR) is 61.6 cm³/mol. The second-order valence-electron chi connectivity index (χ2n) is 4.49. The molecule has 0 aromatic carbocycles. The number of nitrogens with one attached hydrogen (secondary N) is 1. The second kappa shape index (κ2) is 4.50. The molecule has 7 heteroatoms. The molecule has 0 saturated carbocycles. The molecule has 1 N–H and O–H groups in total. The molecule has 16 heavy (non-hydrogen) atoms. The van der Waals surface area contributed by atoms with Crippen LogP contribution < -0.4 is 5.32 Å². The summed E-state index contributed by atoms with van der Waals surface area (Å²) in [6, 6.07) is 0. The zero-order valence-electron chi connectivity index (χ0n) is 10.1. The van der Waals surface area contributed by atoms with Crippen LogP contribution in [0, 0.1) is 0 Å². The average molecular weight is 246 g/mol. The van der Waals surface area contributed by atoms with Gasteiger partial charge in [-0.15, -0.1) is 10.2 Å². The number of nitrogens with zero attached hydrogens (tertiary/aromatic N) is 3. The fourth-order valence-electron chi connectivity index (χ4n) is 1.07. The highest BCUT2D eigenvalue weighted by Gasteiger charge is 2.29. The SMILES string of the molecule is Cn1cnnc1CNCC(C)(C)S(C)(=O)=O. The molecule has 0 atom stereocenters. The van der Waals surface area contributed by atoms with E-state index in [4.69, 9.17) is 0 Å². The van der Waals surface area contributed by atoms with Gasteiger partial charge in [0.1, 0.15) is 12.2 Å². The summed E-state index contributed by atoms with van der Waals surface area (Å²) in [5, 5.41) is 10.7. The summed E-state index contributed by atoms with van der Waals surface area (Å²) in [7, 11) is -1.21. The molecule has 0 unspecified atom stereocenters. The van der Waals surface area contributed by atoms with E-state index in [1.165, 1.54) is 6.26 Å². The molecule has 0 saturated heterocycles. The minimum absolute atomic E-state index is 0.388. The quantitative estimate of drug-likeness (QED) is 0.773. The summed E-state index contributed by atoms with van der Waals surface area (Å²) >= 11 is 0. The number of aryl methyl sites for hydroxylation is 1. The highest BCUT2D eigenvalue weighted by atomic mass is 32.2. The molecule has 0 aliphatic rings. The van der Waals surface area contributed by atoms with E-state index >= 15 is 0 Å². The minimum atomic E-state index is -3.06. The van der Waals surface area contributed by atoms with Crippen molar-refractivity contribution in [1.82, 2.24) is 20.1 Å². The van der Waals surface area contributed by atoms with Crippen LogP contribution in [0.5, 0.6) is 0 Å². The van der Waals surface area contributed by atoms with Crippen LogP contribution in [-0.4, -0.2) is 40.7 Å². The molecule has 6 nitrogen and oxygen atoms in total. The highest BCUT2D eigenvalue weighted by molar-refractivity contribution is 7.92. The van der Waals surface area contributed by atoms with Crippen LogP contribution in [0.3, 0.4) is 0 Å². The van der Waals surface area contributed by atoms with Crippen LogP contribution >= 0.6 is 0 Å². The first-order valence-corrected chi connectivity index (χ1v) is 6.86. The van der Waals surface area contributed by atoms with Gasteiger partial charge >= 0.3 is 0 Å². The average Bonchev–Trinajstić information content (AvgIpc) is 2.49. The van der Waals surface area contributed by atoms with Gasteiger partial charge in [0.05, 0.1) is 11.3 Å². The first-order chi connectivity index (χ1) is 7.24. The molecule has 92 valence electrons. The van der Waals surface area contributed by atoms with Gasteiger partial charge in [0.2, 0.25) is 0 Å². The van der Waals surface area contributed by atoms with Crippen LogP contribution in [-0.2, 0) is 23.4 Å². The Morgan fingerprint density at radius 2 is 2.12 bits per heavy atom. The molecule has 0 bridgehead atoms.